The number of aromatic nitrogens is 2. The molecule has 0 spiro atoms. The second kappa shape index (κ2) is 3.06. The topological polar surface area (TPSA) is 54.9 Å². The lowest BCUT2D eigenvalue weighted by Gasteiger charge is -1.97. The van der Waals surface area contributed by atoms with Gasteiger partial charge in [0.2, 0.25) is 11.0 Å². The smallest absolute Gasteiger partial charge is 0.229 e. The second-order valence-electron chi connectivity index (χ2n) is 3.46. The van der Waals surface area contributed by atoms with Crippen LogP contribution < -0.4 is 5.32 Å². The van der Waals surface area contributed by atoms with Crippen LogP contribution in [0.2, 0.25) is 0 Å². The van der Waals surface area contributed by atoms with Crippen LogP contribution in [0.25, 0.3) is 0 Å². The van der Waals surface area contributed by atoms with Gasteiger partial charge in [-0.25, -0.2) is 4.98 Å². The number of amides is 1. The fourth-order valence-corrected chi connectivity index (χ4v) is 1.81. The molecule has 1 aromatic rings. The van der Waals surface area contributed by atoms with Crippen LogP contribution in [-0.2, 0) is 4.79 Å². The number of carbonyl (C=O) groups excluding carboxylic acids is 1. The predicted octanol–water partition coefficient (Wildman–Crippen LogP) is 1.44. The van der Waals surface area contributed by atoms with E-state index in [-0.39, 0.29) is 11.8 Å². The molecule has 0 unspecified atom stereocenters. The van der Waals surface area contributed by atoms with Gasteiger partial charge in [0, 0.05) is 17.5 Å². The monoisotopic (exact) mass is 197 g/mol. The molecule has 0 aromatic carbocycles. The third-order valence-corrected chi connectivity index (χ3v) is 2.93. The molecule has 1 fully saturated rings. The summed E-state index contributed by atoms with van der Waals surface area (Å²) in [5.41, 5.74) is 0. The molecule has 0 radical (unpaired) electrons. The Morgan fingerprint density at radius 1 is 1.69 bits per heavy atom. The van der Waals surface area contributed by atoms with Gasteiger partial charge in [-0.3, -0.25) is 4.79 Å². The van der Waals surface area contributed by atoms with Gasteiger partial charge < -0.3 is 5.32 Å². The summed E-state index contributed by atoms with van der Waals surface area (Å²) >= 11 is 1.23. The van der Waals surface area contributed by atoms with E-state index in [1.165, 1.54) is 11.5 Å². The standard InChI is InChI=1S/C8H11N3OS/c1-4-3-6(4)7(12)10-8-9-5(2)11-13-8/h4,6H,3H2,1-2H3,(H,9,10,11,12)/t4-,6-/m1/s1. The molecule has 1 saturated carbocycles. The zero-order valence-corrected chi connectivity index (χ0v) is 8.39. The van der Waals surface area contributed by atoms with Crippen molar-refractivity contribution in [3.05, 3.63) is 5.82 Å². The summed E-state index contributed by atoms with van der Waals surface area (Å²) in [6.45, 7) is 3.89. The van der Waals surface area contributed by atoms with Gasteiger partial charge in [0.1, 0.15) is 5.82 Å². The van der Waals surface area contributed by atoms with Gasteiger partial charge in [-0.1, -0.05) is 6.92 Å². The lowest BCUT2D eigenvalue weighted by molar-refractivity contribution is -0.117. The van der Waals surface area contributed by atoms with E-state index in [9.17, 15) is 4.79 Å². The van der Waals surface area contributed by atoms with Crippen molar-refractivity contribution in [1.82, 2.24) is 9.36 Å². The molecule has 1 aromatic heterocycles. The molecule has 1 N–H and O–H groups in total. The molecule has 1 heterocycles. The Kier molecular flexibility index (Phi) is 2.03. The molecule has 2 atom stereocenters. The van der Waals surface area contributed by atoms with E-state index in [0.29, 0.717) is 16.9 Å². The Morgan fingerprint density at radius 2 is 2.38 bits per heavy atom. The minimum atomic E-state index is 0.0867. The highest BCUT2D eigenvalue weighted by molar-refractivity contribution is 7.09. The van der Waals surface area contributed by atoms with Crippen molar-refractivity contribution in [2.24, 2.45) is 11.8 Å². The summed E-state index contributed by atoms with van der Waals surface area (Å²) in [4.78, 5) is 15.5. The highest BCUT2D eigenvalue weighted by Crippen LogP contribution is 2.38. The largest absolute Gasteiger partial charge is 0.300 e. The number of nitrogens with zero attached hydrogens (tertiary/aromatic N) is 2. The SMILES string of the molecule is Cc1nsc(NC(=O)[C@@H]2C[C@H]2C)n1. The Hall–Kier alpha value is -0.970. The zero-order valence-electron chi connectivity index (χ0n) is 7.57. The number of nitrogens with one attached hydrogen (secondary N) is 1. The van der Waals surface area contributed by atoms with Gasteiger partial charge in [-0.05, 0) is 19.3 Å². The Balaban J connectivity index is 1.95. The average Bonchev–Trinajstić information content (AvgIpc) is 2.66. The van der Waals surface area contributed by atoms with E-state index in [1.807, 2.05) is 6.92 Å². The van der Waals surface area contributed by atoms with Gasteiger partial charge in [0.15, 0.2) is 0 Å². The van der Waals surface area contributed by atoms with Gasteiger partial charge >= 0.3 is 0 Å². The predicted molar refractivity (Wildman–Crippen MR) is 50.5 cm³/mol. The van der Waals surface area contributed by atoms with Crippen LogP contribution in [0, 0.1) is 18.8 Å². The van der Waals surface area contributed by atoms with Crippen molar-refractivity contribution in [1.29, 1.82) is 0 Å². The van der Waals surface area contributed by atoms with Gasteiger partial charge in [-0.2, -0.15) is 4.37 Å². The van der Waals surface area contributed by atoms with Crippen LogP contribution in [-0.4, -0.2) is 15.3 Å². The Bertz CT molecular complexity index is 336. The van der Waals surface area contributed by atoms with Crippen molar-refractivity contribution in [3.8, 4) is 0 Å². The van der Waals surface area contributed by atoms with Crippen LogP contribution in [0.3, 0.4) is 0 Å². The van der Waals surface area contributed by atoms with Gasteiger partial charge in [0.25, 0.3) is 0 Å². The van der Waals surface area contributed by atoms with Crippen LogP contribution in [0.15, 0.2) is 0 Å². The third kappa shape index (κ3) is 1.85. The first kappa shape index (κ1) is 8.62. The van der Waals surface area contributed by atoms with Crippen molar-refractivity contribution in [3.63, 3.8) is 0 Å². The minimum Gasteiger partial charge on any atom is -0.300 e. The van der Waals surface area contributed by atoms with Crippen LogP contribution in [0.4, 0.5) is 5.13 Å². The maximum atomic E-state index is 11.4. The average molecular weight is 197 g/mol. The van der Waals surface area contributed by atoms with Crippen molar-refractivity contribution < 1.29 is 4.79 Å². The van der Waals surface area contributed by atoms with Crippen molar-refractivity contribution in [2.75, 3.05) is 5.32 Å². The molecule has 5 heteroatoms. The normalized spacial score (nSPS) is 25.7. The van der Waals surface area contributed by atoms with E-state index in [2.05, 4.69) is 21.6 Å². The van der Waals surface area contributed by atoms with Gasteiger partial charge in [-0.15, -0.1) is 0 Å². The maximum absolute atomic E-state index is 11.4. The van der Waals surface area contributed by atoms with E-state index in [0.717, 1.165) is 6.42 Å². The maximum Gasteiger partial charge on any atom is 0.229 e. The van der Waals surface area contributed by atoms with E-state index in [4.69, 9.17) is 0 Å². The van der Waals surface area contributed by atoms with E-state index in [1.54, 1.807) is 0 Å². The molecule has 4 nitrogen and oxygen atoms in total. The van der Waals surface area contributed by atoms with Crippen LogP contribution in [0.1, 0.15) is 19.2 Å². The number of carbonyl (C=O) groups is 1. The molecule has 70 valence electrons. The Morgan fingerprint density at radius 3 is 2.85 bits per heavy atom. The fourth-order valence-electron chi connectivity index (χ4n) is 1.23. The lowest BCUT2D eigenvalue weighted by atomic mass is 10.3. The summed E-state index contributed by atoms with van der Waals surface area (Å²) in [6.07, 6.45) is 1.00. The summed E-state index contributed by atoms with van der Waals surface area (Å²) < 4.78 is 3.98. The second-order valence-corrected chi connectivity index (χ2v) is 4.21. The molecule has 0 aliphatic heterocycles. The number of rotatable bonds is 2. The number of hydrogen-bond donors (Lipinski definition) is 1. The summed E-state index contributed by atoms with van der Waals surface area (Å²) in [6, 6.07) is 0. The molecular formula is C8H11N3OS. The van der Waals surface area contributed by atoms with E-state index >= 15 is 0 Å². The third-order valence-electron chi connectivity index (χ3n) is 2.20. The number of aryl methyl sites for hydroxylation is 1. The minimum absolute atomic E-state index is 0.0867. The van der Waals surface area contributed by atoms with E-state index < -0.39 is 0 Å². The Labute approximate surface area is 80.5 Å². The first-order valence-corrected chi connectivity index (χ1v) is 5.05. The summed E-state index contributed by atoms with van der Waals surface area (Å²) in [7, 11) is 0. The first-order valence-electron chi connectivity index (χ1n) is 4.28. The number of hydrogen-bond acceptors (Lipinski definition) is 4. The molecule has 1 amide bonds. The first-order chi connectivity index (χ1) is 6.16. The molecular weight excluding hydrogens is 186 g/mol. The molecule has 1 aliphatic carbocycles. The molecule has 0 saturated heterocycles. The quantitative estimate of drug-likeness (QED) is 0.780. The van der Waals surface area contributed by atoms with Crippen LogP contribution in [0.5, 0.6) is 0 Å². The van der Waals surface area contributed by atoms with Gasteiger partial charge in [0.05, 0.1) is 0 Å². The van der Waals surface area contributed by atoms with Crippen molar-refractivity contribution in [2.45, 2.75) is 20.3 Å². The molecule has 0 bridgehead atoms. The fraction of sp³-hybridized carbons (Fsp3) is 0.625. The molecule has 1 aliphatic rings. The molecule has 2 rings (SSSR count). The summed E-state index contributed by atoms with van der Waals surface area (Å²) in [5, 5.41) is 3.37. The highest BCUT2D eigenvalue weighted by Gasteiger charge is 2.39. The van der Waals surface area contributed by atoms with Crippen LogP contribution >= 0.6 is 11.5 Å². The highest BCUT2D eigenvalue weighted by atomic mass is 32.1. The summed E-state index contributed by atoms with van der Waals surface area (Å²) in [5.74, 6) is 1.53. The number of anilines is 1. The van der Waals surface area contributed by atoms with Crippen molar-refractivity contribution >= 4 is 22.6 Å². The lowest BCUT2D eigenvalue weighted by Crippen LogP contribution is -2.14. The zero-order chi connectivity index (χ0) is 9.42. The molecule has 13 heavy (non-hydrogen) atoms.